The Labute approximate surface area is 157 Å². The second-order valence-electron chi connectivity index (χ2n) is 6.41. The monoisotopic (exact) mass is 380 g/mol. The van der Waals surface area contributed by atoms with Crippen molar-refractivity contribution in [1.29, 1.82) is 0 Å². The van der Waals surface area contributed by atoms with Crippen LogP contribution in [0.4, 0.5) is 10.1 Å². The lowest BCUT2D eigenvalue weighted by Crippen LogP contribution is -2.30. The van der Waals surface area contributed by atoms with Crippen LogP contribution in [0.25, 0.3) is 0 Å². The Morgan fingerprint density at radius 3 is 2.38 bits per heavy atom. The van der Waals surface area contributed by atoms with Gasteiger partial charge in [0.05, 0.1) is 16.3 Å². The maximum Gasteiger partial charge on any atom is 0.340 e. The summed E-state index contributed by atoms with van der Waals surface area (Å²) in [6.07, 6.45) is -1.04. The molecule has 0 bridgehead atoms. The minimum atomic E-state index is -1.04. The van der Waals surface area contributed by atoms with E-state index in [-0.39, 0.29) is 16.8 Å². The number of anilines is 1. The van der Waals surface area contributed by atoms with Crippen LogP contribution in [0.2, 0.25) is 5.02 Å². The predicted molar refractivity (Wildman–Crippen MR) is 99.2 cm³/mol. The highest BCUT2D eigenvalue weighted by Gasteiger charge is 2.23. The number of rotatable bonds is 5. The molecule has 0 spiro atoms. The lowest BCUT2D eigenvalue weighted by molar-refractivity contribution is -0.123. The number of carbonyl (C=O) groups is 2. The quantitative estimate of drug-likeness (QED) is 0.767. The lowest BCUT2D eigenvalue weighted by atomic mass is 10.2. The number of amides is 1. The largest absolute Gasteiger partial charge is 0.449 e. The number of ether oxygens (including phenoxy) is 1. The molecule has 5 nitrogen and oxygen atoms in total. The molecule has 0 saturated carbocycles. The molecule has 1 aromatic carbocycles. The average Bonchev–Trinajstić information content (AvgIpc) is 2.84. The summed E-state index contributed by atoms with van der Waals surface area (Å²) in [4.78, 5) is 24.7. The minimum absolute atomic E-state index is 0.0670. The molecule has 1 N–H and O–H groups in total. The van der Waals surface area contributed by atoms with E-state index in [9.17, 15) is 14.0 Å². The Balaban J connectivity index is 2.09. The smallest absolute Gasteiger partial charge is 0.340 e. The first-order valence-corrected chi connectivity index (χ1v) is 8.65. The van der Waals surface area contributed by atoms with Gasteiger partial charge in [-0.15, -0.1) is 0 Å². The molecule has 140 valence electrons. The Bertz CT molecular complexity index is 846. The topological polar surface area (TPSA) is 60.3 Å². The van der Waals surface area contributed by atoms with Crippen molar-refractivity contribution < 1.29 is 18.7 Å². The van der Waals surface area contributed by atoms with Gasteiger partial charge in [-0.1, -0.05) is 11.6 Å². The van der Waals surface area contributed by atoms with E-state index < -0.39 is 23.8 Å². The van der Waals surface area contributed by atoms with Gasteiger partial charge in [0.15, 0.2) is 6.10 Å². The number of nitrogens with one attached hydrogen (secondary N) is 1. The van der Waals surface area contributed by atoms with Crippen LogP contribution in [0.3, 0.4) is 0 Å². The van der Waals surface area contributed by atoms with Gasteiger partial charge in [0.1, 0.15) is 5.82 Å². The van der Waals surface area contributed by atoms with Crippen LogP contribution in [-0.2, 0) is 9.53 Å². The molecule has 0 fully saturated rings. The number of aryl methyl sites for hydroxylation is 1. The molecule has 2 aromatic rings. The number of aromatic nitrogens is 1. The van der Waals surface area contributed by atoms with Gasteiger partial charge >= 0.3 is 5.97 Å². The van der Waals surface area contributed by atoms with Gasteiger partial charge in [-0.3, -0.25) is 4.79 Å². The highest BCUT2D eigenvalue weighted by atomic mass is 35.5. The number of hydrogen-bond donors (Lipinski definition) is 1. The van der Waals surface area contributed by atoms with Crippen molar-refractivity contribution in [3.05, 3.63) is 52.1 Å². The Morgan fingerprint density at radius 1 is 1.19 bits per heavy atom. The molecular formula is C19H22ClFN2O3. The number of nitrogens with zero attached hydrogens (tertiary/aromatic N) is 1. The molecule has 1 amide bonds. The summed E-state index contributed by atoms with van der Waals surface area (Å²) in [6.45, 7) is 9.27. The van der Waals surface area contributed by atoms with E-state index in [0.29, 0.717) is 5.56 Å². The fourth-order valence-electron chi connectivity index (χ4n) is 2.88. The maximum absolute atomic E-state index is 13.1. The van der Waals surface area contributed by atoms with Crippen LogP contribution in [0.5, 0.6) is 0 Å². The fraction of sp³-hybridized carbons (Fsp3) is 0.368. The predicted octanol–water partition coefficient (Wildman–Crippen LogP) is 4.66. The van der Waals surface area contributed by atoms with Gasteiger partial charge < -0.3 is 14.6 Å². The Hall–Kier alpha value is -2.34. The summed E-state index contributed by atoms with van der Waals surface area (Å²) >= 11 is 5.89. The normalized spacial score (nSPS) is 12.2. The molecule has 0 aliphatic rings. The van der Waals surface area contributed by atoms with Gasteiger partial charge in [-0.05, 0) is 58.9 Å². The minimum Gasteiger partial charge on any atom is -0.449 e. The first-order valence-electron chi connectivity index (χ1n) is 8.27. The summed E-state index contributed by atoms with van der Waals surface area (Å²) in [5.41, 5.74) is 2.41. The zero-order valence-electron chi connectivity index (χ0n) is 15.4. The SMILES string of the molecule is Cc1cc(C(=O)O[C@@H](C)C(=O)Nc2ccc(F)cc2Cl)c(C)n1C(C)C. The standard InChI is InChI=1S/C19H22ClFN2O3/c1-10(2)23-11(3)8-15(12(23)4)19(25)26-13(5)18(24)22-17-7-6-14(21)9-16(17)20/h6-10,13H,1-5H3,(H,22,24)/t13-/m0/s1. The lowest BCUT2D eigenvalue weighted by Gasteiger charge is -2.15. The van der Waals surface area contributed by atoms with E-state index in [1.807, 2.05) is 32.3 Å². The van der Waals surface area contributed by atoms with Crippen LogP contribution in [0.15, 0.2) is 24.3 Å². The molecule has 0 unspecified atom stereocenters. The van der Waals surface area contributed by atoms with E-state index in [4.69, 9.17) is 16.3 Å². The molecule has 1 aromatic heterocycles. The average molecular weight is 381 g/mol. The Morgan fingerprint density at radius 2 is 1.85 bits per heavy atom. The van der Waals surface area contributed by atoms with Gasteiger partial charge in [-0.2, -0.15) is 0 Å². The second kappa shape index (κ2) is 7.91. The highest BCUT2D eigenvalue weighted by Crippen LogP contribution is 2.24. The van der Waals surface area contributed by atoms with E-state index >= 15 is 0 Å². The van der Waals surface area contributed by atoms with Gasteiger partial charge in [0.25, 0.3) is 5.91 Å². The summed E-state index contributed by atoms with van der Waals surface area (Å²) in [7, 11) is 0. The molecular weight excluding hydrogens is 359 g/mol. The van der Waals surface area contributed by atoms with Crippen LogP contribution in [0.1, 0.15) is 48.6 Å². The summed E-state index contributed by atoms with van der Waals surface area (Å²) in [5, 5.41) is 2.59. The summed E-state index contributed by atoms with van der Waals surface area (Å²) in [6, 6.07) is 5.57. The van der Waals surface area contributed by atoms with Crippen molar-refractivity contribution >= 4 is 29.2 Å². The number of carbonyl (C=O) groups excluding carboxylic acids is 2. The third-order valence-electron chi connectivity index (χ3n) is 4.06. The van der Waals surface area contributed by atoms with Crippen molar-refractivity contribution in [2.24, 2.45) is 0 Å². The molecule has 2 rings (SSSR count). The van der Waals surface area contributed by atoms with E-state index in [1.165, 1.54) is 19.1 Å². The highest BCUT2D eigenvalue weighted by molar-refractivity contribution is 6.33. The van der Waals surface area contributed by atoms with Crippen LogP contribution >= 0.6 is 11.6 Å². The molecule has 7 heteroatoms. The maximum atomic E-state index is 13.1. The van der Waals surface area contributed by atoms with Crippen LogP contribution in [0, 0.1) is 19.7 Å². The zero-order chi connectivity index (χ0) is 19.6. The van der Waals surface area contributed by atoms with Gasteiger partial charge in [0.2, 0.25) is 0 Å². The van der Waals surface area contributed by atoms with Crippen molar-refractivity contribution in [1.82, 2.24) is 4.57 Å². The van der Waals surface area contributed by atoms with E-state index in [1.54, 1.807) is 6.07 Å². The summed E-state index contributed by atoms with van der Waals surface area (Å²) < 4.78 is 20.4. The van der Waals surface area contributed by atoms with Crippen molar-refractivity contribution in [2.75, 3.05) is 5.32 Å². The molecule has 26 heavy (non-hydrogen) atoms. The third kappa shape index (κ3) is 4.25. The molecule has 0 aliphatic carbocycles. The molecule has 0 radical (unpaired) electrons. The number of halogens is 2. The zero-order valence-corrected chi connectivity index (χ0v) is 16.1. The first-order chi connectivity index (χ1) is 12.1. The van der Waals surface area contributed by atoms with Crippen molar-refractivity contribution in [3.8, 4) is 0 Å². The fourth-order valence-corrected chi connectivity index (χ4v) is 3.10. The number of benzene rings is 1. The third-order valence-corrected chi connectivity index (χ3v) is 4.38. The number of hydrogen-bond acceptors (Lipinski definition) is 3. The molecule has 0 saturated heterocycles. The van der Waals surface area contributed by atoms with Gasteiger partial charge in [-0.25, -0.2) is 9.18 Å². The van der Waals surface area contributed by atoms with E-state index in [0.717, 1.165) is 17.5 Å². The van der Waals surface area contributed by atoms with E-state index in [2.05, 4.69) is 5.32 Å². The van der Waals surface area contributed by atoms with Crippen molar-refractivity contribution in [3.63, 3.8) is 0 Å². The molecule has 0 aliphatic heterocycles. The van der Waals surface area contributed by atoms with Crippen LogP contribution in [-0.4, -0.2) is 22.5 Å². The second-order valence-corrected chi connectivity index (χ2v) is 6.82. The molecule has 1 heterocycles. The Kier molecular flexibility index (Phi) is 6.08. The number of esters is 1. The summed E-state index contributed by atoms with van der Waals surface area (Å²) in [5.74, 6) is -1.63. The van der Waals surface area contributed by atoms with Crippen LogP contribution < -0.4 is 5.32 Å². The van der Waals surface area contributed by atoms with Gasteiger partial charge in [0, 0.05) is 17.4 Å². The first kappa shape index (κ1) is 20.0. The van der Waals surface area contributed by atoms with Crippen molar-refractivity contribution in [2.45, 2.75) is 46.8 Å². The molecule has 1 atom stereocenters.